The average Bonchev–Trinajstić information content (AvgIpc) is 2.63. The van der Waals surface area contributed by atoms with Crippen molar-refractivity contribution in [3.63, 3.8) is 0 Å². The Morgan fingerprint density at radius 1 is 1.00 bits per heavy atom. The van der Waals surface area contributed by atoms with E-state index in [0.717, 1.165) is 5.56 Å². The van der Waals surface area contributed by atoms with E-state index in [1.165, 1.54) is 24.3 Å². The van der Waals surface area contributed by atoms with E-state index >= 15 is 0 Å². The lowest BCUT2D eigenvalue weighted by Gasteiger charge is -2.31. The highest BCUT2D eigenvalue weighted by atomic mass is 19.3. The normalized spacial score (nSPS) is 20.8. The summed E-state index contributed by atoms with van der Waals surface area (Å²) in [5.74, 6) is -0.367. The first kappa shape index (κ1) is 16.5. The Labute approximate surface area is 138 Å². The smallest absolute Gasteiger partial charge is 0.263 e. The number of benzene rings is 2. The zero-order valence-electron chi connectivity index (χ0n) is 12.8. The van der Waals surface area contributed by atoms with Gasteiger partial charge in [0, 0.05) is 11.3 Å². The van der Waals surface area contributed by atoms with Crippen molar-refractivity contribution in [3.8, 4) is 0 Å². The van der Waals surface area contributed by atoms with Crippen LogP contribution >= 0.6 is 0 Å². The maximum Gasteiger partial charge on any atom is 0.263 e. The molecule has 6 heteroatoms. The molecule has 1 heterocycles. The summed E-state index contributed by atoms with van der Waals surface area (Å²) >= 11 is 0. The molecule has 0 radical (unpaired) electrons. The summed E-state index contributed by atoms with van der Waals surface area (Å²) in [6.07, 6.45) is -3.83. The summed E-state index contributed by atoms with van der Waals surface area (Å²) in [7, 11) is 0. The molecule has 0 spiro atoms. The number of nitrogens with one attached hydrogen (secondary N) is 1. The monoisotopic (exact) mass is 333 g/mol. The highest BCUT2D eigenvalue weighted by Gasteiger charge is 2.34. The first-order chi connectivity index (χ1) is 11.6. The molecule has 4 nitrogen and oxygen atoms in total. The largest absolute Gasteiger partial charge is 0.368 e. The van der Waals surface area contributed by atoms with Crippen molar-refractivity contribution < 1.29 is 23.0 Å². The van der Waals surface area contributed by atoms with Crippen LogP contribution in [0.5, 0.6) is 0 Å². The fraction of sp³-hybridized carbons (Fsp3) is 0.278. The molecule has 0 aliphatic carbocycles. The molecule has 1 amide bonds. The Bertz CT molecular complexity index is 676. The second kappa shape index (κ2) is 7.51. The molecule has 24 heavy (non-hydrogen) atoms. The summed E-state index contributed by atoms with van der Waals surface area (Å²) < 4.78 is 36.4. The summed E-state index contributed by atoms with van der Waals surface area (Å²) in [6.45, 7) is 0.734. The molecule has 2 aromatic carbocycles. The maximum absolute atomic E-state index is 12.6. The van der Waals surface area contributed by atoms with Gasteiger partial charge >= 0.3 is 0 Å². The third kappa shape index (κ3) is 3.77. The van der Waals surface area contributed by atoms with Gasteiger partial charge in [0.25, 0.3) is 12.3 Å². The SMILES string of the molecule is O=C(Nc1ccc(C(F)F)cc1)[C@@H]1OCCO[C@@H]1c1ccccc1. The predicted octanol–water partition coefficient (Wildman–Crippen LogP) is 3.72. The fourth-order valence-electron chi connectivity index (χ4n) is 2.58. The fourth-order valence-corrected chi connectivity index (χ4v) is 2.58. The van der Waals surface area contributed by atoms with Crippen LogP contribution in [-0.4, -0.2) is 25.2 Å². The molecule has 1 aliphatic rings. The first-order valence-corrected chi connectivity index (χ1v) is 7.62. The molecular weight excluding hydrogens is 316 g/mol. The van der Waals surface area contributed by atoms with E-state index in [-0.39, 0.29) is 11.5 Å². The van der Waals surface area contributed by atoms with Crippen LogP contribution in [0.1, 0.15) is 23.7 Å². The van der Waals surface area contributed by atoms with Crippen LogP contribution in [-0.2, 0) is 14.3 Å². The third-order valence-corrected chi connectivity index (χ3v) is 3.77. The zero-order valence-corrected chi connectivity index (χ0v) is 12.8. The van der Waals surface area contributed by atoms with Gasteiger partial charge in [-0.25, -0.2) is 8.78 Å². The summed E-state index contributed by atoms with van der Waals surface area (Å²) in [5, 5.41) is 2.69. The Balaban J connectivity index is 1.72. The first-order valence-electron chi connectivity index (χ1n) is 7.62. The molecule has 0 bridgehead atoms. The molecule has 2 aromatic rings. The van der Waals surface area contributed by atoms with Gasteiger partial charge < -0.3 is 14.8 Å². The van der Waals surface area contributed by atoms with E-state index in [1.807, 2.05) is 30.3 Å². The van der Waals surface area contributed by atoms with Crippen molar-refractivity contribution in [1.82, 2.24) is 0 Å². The minimum atomic E-state index is -2.53. The van der Waals surface area contributed by atoms with Crippen LogP contribution in [0.3, 0.4) is 0 Å². The van der Waals surface area contributed by atoms with Crippen molar-refractivity contribution in [1.29, 1.82) is 0 Å². The Hall–Kier alpha value is -2.31. The number of carbonyl (C=O) groups excluding carboxylic acids is 1. The number of halogens is 2. The van der Waals surface area contributed by atoms with E-state index in [4.69, 9.17) is 9.47 Å². The van der Waals surface area contributed by atoms with Gasteiger partial charge in [0.05, 0.1) is 13.2 Å². The van der Waals surface area contributed by atoms with E-state index in [0.29, 0.717) is 18.9 Å². The number of rotatable bonds is 4. The standard InChI is InChI=1S/C18H17F2NO3/c19-17(20)13-6-8-14(9-7-13)21-18(22)16-15(23-10-11-24-16)12-4-2-1-3-5-12/h1-9,15-17H,10-11H2,(H,21,22)/t15-,16-/m1/s1. The molecular formula is C18H17F2NO3. The van der Waals surface area contributed by atoms with Gasteiger partial charge in [-0.1, -0.05) is 42.5 Å². The number of ether oxygens (including phenoxy) is 2. The van der Waals surface area contributed by atoms with Gasteiger partial charge in [-0.2, -0.15) is 0 Å². The number of alkyl halides is 2. The van der Waals surface area contributed by atoms with Gasteiger partial charge in [0.15, 0.2) is 6.10 Å². The van der Waals surface area contributed by atoms with Crippen molar-refractivity contribution in [2.75, 3.05) is 18.5 Å². The van der Waals surface area contributed by atoms with Gasteiger partial charge in [-0.05, 0) is 17.7 Å². The molecule has 1 aliphatic heterocycles. The molecule has 2 atom stereocenters. The van der Waals surface area contributed by atoms with Crippen molar-refractivity contribution >= 4 is 11.6 Å². The highest BCUT2D eigenvalue weighted by molar-refractivity contribution is 5.94. The van der Waals surface area contributed by atoms with Crippen molar-refractivity contribution in [3.05, 3.63) is 65.7 Å². The van der Waals surface area contributed by atoms with E-state index in [2.05, 4.69) is 5.32 Å². The topological polar surface area (TPSA) is 47.6 Å². The highest BCUT2D eigenvalue weighted by Crippen LogP contribution is 2.28. The quantitative estimate of drug-likeness (QED) is 0.928. The molecule has 1 fully saturated rings. The van der Waals surface area contributed by atoms with Crippen LogP contribution in [0.25, 0.3) is 0 Å². The van der Waals surface area contributed by atoms with Gasteiger partial charge in [0.2, 0.25) is 0 Å². The number of carbonyl (C=O) groups is 1. The zero-order chi connectivity index (χ0) is 16.9. The molecule has 0 unspecified atom stereocenters. The number of hydrogen-bond acceptors (Lipinski definition) is 3. The van der Waals surface area contributed by atoms with Gasteiger partial charge in [-0.3, -0.25) is 4.79 Å². The van der Waals surface area contributed by atoms with Gasteiger partial charge in [-0.15, -0.1) is 0 Å². The lowest BCUT2D eigenvalue weighted by atomic mass is 10.0. The van der Waals surface area contributed by atoms with Crippen LogP contribution < -0.4 is 5.32 Å². The van der Waals surface area contributed by atoms with Crippen LogP contribution in [0.15, 0.2) is 54.6 Å². The van der Waals surface area contributed by atoms with Crippen LogP contribution in [0.2, 0.25) is 0 Å². The summed E-state index contributed by atoms with van der Waals surface area (Å²) in [6, 6.07) is 14.8. The van der Waals surface area contributed by atoms with Crippen LogP contribution in [0, 0.1) is 0 Å². The Morgan fingerprint density at radius 2 is 1.67 bits per heavy atom. The molecule has 0 saturated carbocycles. The number of anilines is 1. The number of amides is 1. The minimum absolute atomic E-state index is 0.0904. The van der Waals surface area contributed by atoms with E-state index in [1.54, 1.807) is 0 Å². The van der Waals surface area contributed by atoms with Crippen molar-refractivity contribution in [2.45, 2.75) is 18.6 Å². The van der Waals surface area contributed by atoms with Crippen LogP contribution in [0.4, 0.5) is 14.5 Å². The Morgan fingerprint density at radius 3 is 2.33 bits per heavy atom. The lowest BCUT2D eigenvalue weighted by Crippen LogP contribution is -2.41. The minimum Gasteiger partial charge on any atom is -0.368 e. The van der Waals surface area contributed by atoms with Crippen molar-refractivity contribution in [2.24, 2.45) is 0 Å². The third-order valence-electron chi connectivity index (χ3n) is 3.77. The molecule has 3 rings (SSSR count). The molecule has 126 valence electrons. The molecule has 1 saturated heterocycles. The average molecular weight is 333 g/mol. The molecule has 1 N–H and O–H groups in total. The molecule has 0 aromatic heterocycles. The van der Waals surface area contributed by atoms with Gasteiger partial charge in [0.1, 0.15) is 6.10 Å². The number of hydrogen-bond donors (Lipinski definition) is 1. The summed E-state index contributed by atoms with van der Waals surface area (Å²) in [5.41, 5.74) is 1.20. The maximum atomic E-state index is 12.6. The Kier molecular flexibility index (Phi) is 5.17. The predicted molar refractivity (Wildman–Crippen MR) is 84.9 cm³/mol. The van der Waals surface area contributed by atoms with E-state index in [9.17, 15) is 13.6 Å². The summed E-state index contributed by atoms with van der Waals surface area (Å²) in [4.78, 5) is 12.5. The van der Waals surface area contributed by atoms with E-state index < -0.39 is 18.6 Å². The second-order valence-corrected chi connectivity index (χ2v) is 5.41. The lowest BCUT2D eigenvalue weighted by molar-refractivity contribution is -0.162. The second-order valence-electron chi connectivity index (χ2n) is 5.41.